The number of hydrogen-bond donors (Lipinski definition) is 0. The molecule has 168 valence electrons. The van der Waals surface area contributed by atoms with Crippen molar-refractivity contribution >= 4 is 46.1 Å². The smallest absolute Gasteiger partial charge is 0.271 e. The third-order valence-corrected chi connectivity index (χ3v) is 7.09. The molecule has 0 N–H and O–H groups in total. The molecule has 1 aliphatic carbocycles. The first-order valence-corrected chi connectivity index (χ1v) is 11.3. The zero-order valence-corrected chi connectivity index (χ0v) is 19.1. The van der Waals surface area contributed by atoms with Crippen LogP contribution in [-0.4, -0.2) is 34.7 Å². The Bertz CT molecular complexity index is 1460. The Morgan fingerprint density at radius 2 is 1.50 bits per heavy atom. The molecular weight excluding hydrogens is 428 g/mol. The molecule has 1 atom stereocenters. The zero-order chi connectivity index (χ0) is 23.7. The number of hydrogen-bond acceptors (Lipinski definition) is 5. The quantitative estimate of drug-likeness (QED) is 0.443. The van der Waals surface area contributed by atoms with Crippen LogP contribution < -0.4 is 5.01 Å². The van der Waals surface area contributed by atoms with Crippen LogP contribution in [0.15, 0.2) is 52.7 Å². The molecule has 0 bridgehead atoms. The average Bonchev–Trinajstić information content (AvgIpc) is 3.37. The van der Waals surface area contributed by atoms with Gasteiger partial charge in [-0.05, 0) is 85.5 Å². The SMILES string of the molecule is CC1=NN(c2ccc(C)c(C)c2)C(=O)C1/C=N/N1C(=O)c2ccc3c4c(ccc(c24)C1=O)CC3. The van der Waals surface area contributed by atoms with E-state index in [0.29, 0.717) is 22.5 Å². The first-order valence-electron chi connectivity index (χ1n) is 11.3. The summed E-state index contributed by atoms with van der Waals surface area (Å²) in [6.45, 7) is 5.73. The minimum atomic E-state index is -0.754. The highest BCUT2D eigenvalue weighted by molar-refractivity contribution is 6.27. The van der Waals surface area contributed by atoms with Crippen LogP contribution in [0.5, 0.6) is 0 Å². The van der Waals surface area contributed by atoms with E-state index in [1.807, 2.05) is 44.2 Å². The van der Waals surface area contributed by atoms with E-state index in [4.69, 9.17) is 0 Å². The van der Waals surface area contributed by atoms with Crippen molar-refractivity contribution in [3.8, 4) is 0 Å². The van der Waals surface area contributed by atoms with Crippen LogP contribution in [0.3, 0.4) is 0 Å². The average molecular weight is 450 g/mol. The van der Waals surface area contributed by atoms with E-state index in [2.05, 4.69) is 10.2 Å². The highest BCUT2D eigenvalue weighted by atomic mass is 16.2. The van der Waals surface area contributed by atoms with Gasteiger partial charge < -0.3 is 0 Å². The third kappa shape index (κ3) is 2.79. The fraction of sp³-hybridized carbons (Fsp3) is 0.222. The van der Waals surface area contributed by atoms with Gasteiger partial charge in [0.25, 0.3) is 17.7 Å². The predicted octanol–water partition coefficient (Wildman–Crippen LogP) is 4.18. The van der Waals surface area contributed by atoms with Gasteiger partial charge in [-0.1, -0.05) is 18.2 Å². The topological polar surface area (TPSA) is 82.4 Å². The molecule has 7 nitrogen and oxygen atoms in total. The van der Waals surface area contributed by atoms with Gasteiger partial charge in [0.1, 0.15) is 5.92 Å². The highest BCUT2D eigenvalue weighted by Gasteiger charge is 2.37. The van der Waals surface area contributed by atoms with Crippen molar-refractivity contribution in [2.75, 3.05) is 5.01 Å². The maximum absolute atomic E-state index is 13.2. The number of amides is 3. The fourth-order valence-corrected chi connectivity index (χ4v) is 5.04. The minimum absolute atomic E-state index is 0.274. The summed E-state index contributed by atoms with van der Waals surface area (Å²) in [6.07, 6.45) is 3.18. The molecule has 0 saturated carbocycles. The van der Waals surface area contributed by atoms with Gasteiger partial charge in [-0.3, -0.25) is 14.4 Å². The van der Waals surface area contributed by atoms with Crippen molar-refractivity contribution in [1.82, 2.24) is 5.01 Å². The number of benzene rings is 3. The Kier molecular flexibility index (Phi) is 4.33. The molecule has 0 spiro atoms. The normalized spacial score (nSPS) is 19.2. The predicted molar refractivity (Wildman–Crippen MR) is 130 cm³/mol. The molecule has 0 radical (unpaired) electrons. The van der Waals surface area contributed by atoms with Gasteiger partial charge in [-0.2, -0.15) is 20.2 Å². The lowest BCUT2D eigenvalue weighted by atomic mass is 9.92. The summed E-state index contributed by atoms with van der Waals surface area (Å²) < 4.78 is 0. The second-order valence-electron chi connectivity index (χ2n) is 9.12. The molecule has 0 fully saturated rings. The summed E-state index contributed by atoms with van der Waals surface area (Å²) in [4.78, 5) is 39.6. The zero-order valence-electron chi connectivity index (χ0n) is 19.1. The van der Waals surface area contributed by atoms with Crippen molar-refractivity contribution in [2.45, 2.75) is 33.6 Å². The molecule has 34 heavy (non-hydrogen) atoms. The number of hydrazone groups is 2. The Labute approximate surface area is 196 Å². The van der Waals surface area contributed by atoms with Crippen LogP contribution in [0.2, 0.25) is 0 Å². The number of imide groups is 1. The molecule has 7 heteroatoms. The minimum Gasteiger partial charge on any atom is -0.271 e. The van der Waals surface area contributed by atoms with Gasteiger partial charge in [0, 0.05) is 11.6 Å². The molecule has 3 aliphatic rings. The first kappa shape index (κ1) is 20.5. The lowest BCUT2D eigenvalue weighted by molar-refractivity contribution is -0.118. The summed E-state index contributed by atoms with van der Waals surface area (Å²) >= 11 is 0. The largest absolute Gasteiger partial charge is 0.282 e. The Hall–Kier alpha value is -4.13. The van der Waals surface area contributed by atoms with Crippen molar-refractivity contribution < 1.29 is 14.4 Å². The van der Waals surface area contributed by atoms with Gasteiger partial charge >= 0.3 is 0 Å². The highest BCUT2D eigenvalue weighted by Crippen LogP contribution is 2.38. The number of aryl methyl sites for hydroxylation is 4. The van der Waals surface area contributed by atoms with E-state index < -0.39 is 17.7 Å². The molecule has 3 aromatic carbocycles. The number of rotatable bonds is 3. The van der Waals surface area contributed by atoms with Crippen molar-refractivity contribution in [3.63, 3.8) is 0 Å². The summed E-state index contributed by atoms with van der Waals surface area (Å²) in [5.74, 6) is -1.98. The fourth-order valence-electron chi connectivity index (χ4n) is 5.04. The summed E-state index contributed by atoms with van der Waals surface area (Å²) in [5, 5.41) is 12.6. The van der Waals surface area contributed by atoms with Crippen LogP contribution in [0.25, 0.3) is 10.8 Å². The van der Waals surface area contributed by atoms with Crippen LogP contribution in [0, 0.1) is 19.8 Å². The van der Waals surface area contributed by atoms with Gasteiger partial charge in [0.05, 0.1) is 22.5 Å². The molecule has 0 saturated heterocycles. The Morgan fingerprint density at radius 3 is 2.12 bits per heavy atom. The monoisotopic (exact) mass is 450 g/mol. The summed E-state index contributed by atoms with van der Waals surface area (Å²) in [6, 6.07) is 13.2. The maximum Gasteiger partial charge on any atom is 0.282 e. The maximum atomic E-state index is 13.2. The molecular formula is C27H22N4O3. The van der Waals surface area contributed by atoms with E-state index in [1.165, 1.54) is 22.4 Å². The van der Waals surface area contributed by atoms with E-state index >= 15 is 0 Å². The molecule has 3 amide bonds. The number of carbonyl (C=O) groups is 3. The molecule has 2 heterocycles. The second-order valence-corrected chi connectivity index (χ2v) is 9.12. The van der Waals surface area contributed by atoms with Crippen molar-refractivity contribution in [3.05, 3.63) is 75.8 Å². The standard InChI is InChI=1S/C27H22N4O3/c1-14-4-9-19(12-15(14)2)30-27(34)22(16(3)29-30)13-28-31-25(32)20-10-7-17-5-6-18-8-11-21(26(31)33)24(20)23(17)18/h4,7-13,22H,5-6H2,1-3H3/b28-13+. The number of nitrogens with zero attached hydrogens (tertiary/aromatic N) is 4. The lowest BCUT2D eigenvalue weighted by Crippen LogP contribution is -2.37. The molecule has 0 aromatic heterocycles. The van der Waals surface area contributed by atoms with Crippen LogP contribution in [-0.2, 0) is 17.6 Å². The third-order valence-electron chi connectivity index (χ3n) is 7.09. The van der Waals surface area contributed by atoms with E-state index in [9.17, 15) is 14.4 Å². The lowest BCUT2D eigenvalue weighted by Gasteiger charge is -2.24. The van der Waals surface area contributed by atoms with Gasteiger partial charge in [0.15, 0.2) is 0 Å². The van der Waals surface area contributed by atoms with Crippen LogP contribution in [0.1, 0.15) is 49.9 Å². The second kappa shape index (κ2) is 7.18. The molecule has 3 aromatic rings. The Balaban J connectivity index is 1.32. The van der Waals surface area contributed by atoms with E-state index in [1.54, 1.807) is 19.1 Å². The number of anilines is 1. The first-order chi connectivity index (χ1) is 16.3. The van der Waals surface area contributed by atoms with E-state index in [-0.39, 0.29) is 5.91 Å². The Morgan fingerprint density at radius 1 is 0.853 bits per heavy atom. The van der Waals surface area contributed by atoms with Crippen LogP contribution >= 0.6 is 0 Å². The summed E-state index contributed by atoms with van der Waals surface area (Å²) in [7, 11) is 0. The van der Waals surface area contributed by atoms with E-state index in [0.717, 1.165) is 39.7 Å². The molecule has 6 rings (SSSR count). The van der Waals surface area contributed by atoms with Gasteiger partial charge in [-0.25, -0.2) is 0 Å². The van der Waals surface area contributed by atoms with Crippen molar-refractivity contribution in [1.29, 1.82) is 0 Å². The van der Waals surface area contributed by atoms with Crippen LogP contribution in [0.4, 0.5) is 5.69 Å². The number of carbonyl (C=O) groups excluding carboxylic acids is 3. The summed E-state index contributed by atoms with van der Waals surface area (Å²) in [5.41, 5.74) is 6.68. The molecule has 1 unspecified atom stereocenters. The van der Waals surface area contributed by atoms with Gasteiger partial charge in [-0.15, -0.1) is 0 Å². The van der Waals surface area contributed by atoms with Crippen molar-refractivity contribution in [2.24, 2.45) is 16.1 Å². The van der Waals surface area contributed by atoms with Gasteiger partial charge in [0.2, 0.25) is 0 Å². The molecule has 2 aliphatic heterocycles.